The van der Waals surface area contributed by atoms with Crippen LogP contribution in [0, 0.1) is 0 Å². The van der Waals surface area contributed by atoms with E-state index < -0.39 is 11.4 Å². The lowest BCUT2D eigenvalue weighted by Gasteiger charge is -2.34. The fourth-order valence-electron chi connectivity index (χ4n) is 2.26. The van der Waals surface area contributed by atoms with E-state index in [-0.39, 0.29) is 6.10 Å². The van der Waals surface area contributed by atoms with Crippen LogP contribution in [0.15, 0.2) is 16.8 Å². The SMILES string of the molecule is O=C(O)C1(c2ccsc2)CCC(O)CC1. The smallest absolute Gasteiger partial charge is 0.314 e. The lowest BCUT2D eigenvalue weighted by Crippen LogP contribution is -2.40. The van der Waals surface area contributed by atoms with Crippen molar-refractivity contribution in [1.29, 1.82) is 0 Å². The number of hydrogen-bond donors (Lipinski definition) is 2. The van der Waals surface area contributed by atoms with Gasteiger partial charge in [-0.1, -0.05) is 0 Å². The highest BCUT2D eigenvalue weighted by Gasteiger charge is 2.43. The van der Waals surface area contributed by atoms with E-state index in [0.29, 0.717) is 25.7 Å². The number of hydrogen-bond acceptors (Lipinski definition) is 3. The molecule has 1 aliphatic rings. The first-order valence-electron chi connectivity index (χ1n) is 5.09. The summed E-state index contributed by atoms with van der Waals surface area (Å²) >= 11 is 1.52. The molecule has 1 aromatic rings. The van der Waals surface area contributed by atoms with E-state index in [1.165, 1.54) is 11.3 Å². The van der Waals surface area contributed by atoms with Crippen molar-refractivity contribution >= 4 is 17.3 Å². The number of carboxylic acids is 1. The van der Waals surface area contributed by atoms with Gasteiger partial charge in [0.15, 0.2) is 0 Å². The number of carbonyl (C=O) groups is 1. The van der Waals surface area contributed by atoms with Crippen molar-refractivity contribution in [2.24, 2.45) is 0 Å². The molecule has 4 heteroatoms. The molecule has 1 heterocycles. The zero-order chi connectivity index (χ0) is 10.9. The van der Waals surface area contributed by atoms with Crippen molar-refractivity contribution in [3.8, 4) is 0 Å². The third kappa shape index (κ3) is 1.79. The zero-order valence-corrected chi connectivity index (χ0v) is 9.17. The van der Waals surface area contributed by atoms with E-state index in [1.807, 2.05) is 16.8 Å². The maximum Gasteiger partial charge on any atom is 0.314 e. The third-order valence-electron chi connectivity index (χ3n) is 3.29. The fraction of sp³-hybridized carbons (Fsp3) is 0.545. The van der Waals surface area contributed by atoms with Crippen molar-refractivity contribution in [1.82, 2.24) is 0 Å². The maximum atomic E-state index is 11.4. The summed E-state index contributed by atoms with van der Waals surface area (Å²) in [6.45, 7) is 0. The first kappa shape index (κ1) is 10.6. The number of thiophene rings is 1. The summed E-state index contributed by atoms with van der Waals surface area (Å²) in [5.74, 6) is -0.757. The highest BCUT2D eigenvalue weighted by Crippen LogP contribution is 2.40. The Balaban J connectivity index is 2.30. The highest BCUT2D eigenvalue weighted by atomic mass is 32.1. The van der Waals surface area contributed by atoms with Gasteiger partial charge in [0.1, 0.15) is 0 Å². The molecule has 0 aromatic carbocycles. The summed E-state index contributed by atoms with van der Waals surface area (Å²) in [5, 5.41) is 22.6. The minimum atomic E-state index is -0.757. The Bertz CT molecular complexity index is 337. The average molecular weight is 226 g/mol. The summed E-state index contributed by atoms with van der Waals surface area (Å²) in [4.78, 5) is 11.4. The van der Waals surface area contributed by atoms with Crippen molar-refractivity contribution in [3.05, 3.63) is 22.4 Å². The third-order valence-corrected chi connectivity index (χ3v) is 3.98. The van der Waals surface area contributed by atoms with Crippen molar-refractivity contribution in [2.75, 3.05) is 0 Å². The molecule has 1 aromatic heterocycles. The Hall–Kier alpha value is -0.870. The van der Waals surface area contributed by atoms with Crippen LogP contribution in [0.2, 0.25) is 0 Å². The summed E-state index contributed by atoms with van der Waals surface area (Å²) in [5.41, 5.74) is 0.145. The van der Waals surface area contributed by atoms with E-state index in [9.17, 15) is 15.0 Å². The molecule has 1 saturated carbocycles. The molecule has 15 heavy (non-hydrogen) atoms. The van der Waals surface area contributed by atoms with Gasteiger partial charge in [-0.2, -0.15) is 11.3 Å². The van der Waals surface area contributed by atoms with Gasteiger partial charge in [0.05, 0.1) is 11.5 Å². The molecule has 1 aliphatic carbocycles. The molecule has 3 nitrogen and oxygen atoms in total. The van der Waals surface area contributed by atoms with E-state index in [1.54, 1.807) is 0 Å². The van der Waals surface area contributed by atoms with Gasteiger partial charge in [-0.05, 0) is 48.1 Å². The van der Waals surface area contributed by atoms with Gasteiger partial charge in [-0.3, -0.25) is 4.79 Å². The first-order chi connectivity index (χ1) is 7.15. The van der Waals surface area contributed by atoms with Crippen LogP contribution in [0.5, 0.6) is 0 Å². The van der Waals surface area contributed by atoms with E-state index >= 15 is 0 Å². The molecule has 1 fully saturated rings. The van der Waals surface area contributed by atoms with Crippen molar-refractivity contribution in [3.63, 3.8) is 0 Å². The molecule has 2 rings (SSSR count). The normalized spacial score (nSPS) is 31.4. The molecular weight excluding hydrogens is 212 g/mol. The van der Waals surface area contributed by atoms with E-state index in [0.717, 1.165) is 5.56 Å². The predicted molar refractivity (Wildman–Crippen MR) is 58.1 cm³/mol. The van der Waals surface area contributed by atoms with Gasteiger partial charge in [0.25, 0.3) is 0 Å². The summed E-state index contributed by atoms with van der Waals surface area (Å²) in [6, 6.07) is 1.89. The van der Waals surface area contributed by atoms with Crippen molar-refractivity contribution in [2.45, 2.75) is 37.2 Å². The topological polar surface area (TPSA) is 57.5 Å². The van der Waals surface area contributed by atoms with Crippen LogP contribution >= 0.6 is 11.3 Å². The first-order valence-corrected chi connectivity index (χ1v) is 6.03. The monoisotopic (exact) mass is 226 g/mol. The minimum Gasteiger partial charge on any atom is -0.481 e. The summed E-state index contributed by atoms with van der Waals surface area (Å²) in [6.07, 6.45) is 1.93. The molecule has 82 valence electrons. The van der Waals surface area contributed by atoms with Gasteiger partial charge < -0.3 is 10.2 Å². The van der Waals surface area contributed by atoms with Crippen LogP contribution in [0.1, 0.15) is 31.2 Å². The van der Waals surface area contributed by atoms with Crippen LogP contribution < -0.4 is 0 Å². The second kappa shape index (κ2) is 3.94. The van der Waals surface area contributed by atoms with Crippen LogP contribution in [-0.2, 0) is 10.2 Å². The number of carboxylic acid groups (broad SMARTS) is 1. The van der Waals surface area contributed by atoms with E-state index in [2.05, 4.69) is 0 Å². The summed E-state index contributed by atoms with van der Waals surface area (Å²) < 4.78 is 0. The molecular formula is C11H14O3S. The predicted octanol–water partition coefficient (Wildman–Crippen LogP) is 2.01. The van der Waals surface area contributed by atoms with Gasteiger partial charge >= 0.3 is 5.97 Å². The second-order valence-corrected chi connectivity index (χ2v) is 4.91. The van der Waals surface area contributed by atoms with Crippen LogP contribution in [0.3, 0.4) is 0 Å². The second-order valence-electron chi connectivity index (χ2n) is 4.13. The number of aliphatic carboxylic acids is 1. The van der Waals surface area contributed by atoms with Gasteiger partial charge in [0, 0.05) is 0 Å². The summed E-state index contributed by atoms with van der Waals surface area (Å²) in [7, 11) is 0. The Labute approximate surface area is 92.4 Å². The van der Waals surface area contributed by atoms with Crippen LogP contribution in [0.25, 0.3) is 0 Å². The van der Waals surface area contributed by atoms with Gasteiger partial charge in [-0.25, -0.2) is 0 Å². The molecule has 0 amide bonds. The lowest BCUT2D eigenvalue weighted by atomic mass is 9.69. The zero-order valence-electron chi connectivity index (χ0n) is 8.35. The standard InChI is InChI=1S/C11H14O3S/c12-9-1-4-11(5-2-9,10(13)14)8-3-6-15-7-8/h3,6-7,9,12H,1-2,4-5H2,(H,13,14). The lowest BCUT2D eigenvalue weighted by molar-refractivity contribution is -0.146. The Morgan fingerprint density at radius 3 is 2.60 bits per heavy atom. The minimum absolute atomic E-state index is 0.323. The van der Waals surface area contributed by atoms with Crippen molar-refractivity contribution < 1.29 is 15.0 Å². The molecule has 0 bridgehead atoms. The maximum absolute atomic E-state index is 11.4. The van der Waals surface area contributed by atoms with Crippen LogP contribution in [-0.4, -0.2) is 22.3 Å². The molecule has 0 unspecified atom stereocenters. The molecule has 2 N–H and O–H groups in total. The fourth-order valence-corrected chi connectivity index (χ4v) is 3.01. The Morgan fingerprint density at radius 1 is 1.47 bits per heavy atom. The number of aliphatic hydroxyl groups is 1. The molecule has 0 spiro atoms. The molecule has 0 atom stereocenters. The van der Waals surface area contributed by atoms with Gasteiger partial charge in [0.2, 0.25) is 0 Å². The highest BCUT2D eigenvalue weighted by molar-refractivity contribution is 7.08. The molecule has 0 radical (unpaired) electrons. The average Bonchev–Trinajstić information content (AvgIpc) is 2.72. The van der Waals surface area contributed by atoms with E-state index in [4.69, 9.17) is 0 Å². The number of aliphatic hydroxyl groups excluding tert-OH is 1. The Kier molecular flexibility index (Phi) is 2.80. The molecule has 0 aliphatic heterocycles. The Morgan fingerprint density at radius 2 is 2.13 bits per heavy atom. The largest absolute Gasteiger partial charge is 0.481 e. The quantitative estimate of drug-likeness (QED) is 0.811. The molecule has 0 saturated heterocycles. The number of rotatable bonds is 2. The van der Waals surface area contributed by atoms with Crippen LogP contribution in [0.4, 0.5) is 0 Å². The van der Waals surface area contributed by atoms with Gasteiger partial charge in [-0.15, -0.1) is 0 Å².